The highest BCUT2D eigenvalue weighted by Gasteiger charge is 2.15. The Morgan fingerprint density at radius 2 is 2.16 bits per heavy atom. The molecule has 1 aromatic heterocycles. The summed E-state index contributed by atoms with van der Waals surface area (Å²) in [5, 5.41) is 2.82. The van der Waals surface area contributed by atoms with Gasteiger partial charge in [-0.2, -0.15) is 0 Å². The first-order valence-corrected chi connectivity index (χ1v) is 7.14. The lowest BCUT2D eigenvalue weighted by atomic mass is 9.87. The lowest BCUT2D eigenvalue weighted by Crippen LogP contribution is -2.27. The summed E-state index contributed by atoms with van der Waals surface area (Å²) in [4.78, 5) is 15.5. The molecule has 0 aromatic carbocycles. The zero-order valence-electron chi connectivity index (χ0n) is 10.8. The molecule has 104 valence electrons. The molecule has 5 heteroatoms. The van der Waals surface area contributed by atoms with E-state index in [-0.39, 0.29) is 16.6 Å². The molecule has 2 rings (SSSR count). The third-order valence-electron chi connectivity index (χ3n) is 3.61. The highest BCUT2D eigenvalue weighted by atomic mass is 35.5. The maximum absolute atomic E-state index is 13.0. The molecule has 1 fully saturated rings. The Kier molecular flexibility index (Phi) is 5.14. The summed E-state index contributed by atoms with van der Waals surface area (Å²) < 4.78 is 13.0. The summed E-state index contributed by atoms with van der Waals surface area (Å²) in [6.45, 7) is 0.607. The van der Waals surface area contributed by atoms with E-state index in [2.05, 4.69) is 10.3 Å². The average Bonchev–Trinajstić information content (AvgIpc) is 2.42. The SMILES string of the molecule is O=C(NCCC1CCCCC1)c1cc(F)cnc1Cl. The van der Waals surface area contributed by atoms with Crippen molar-refractivity contribution < 1.29 is 9.18 Å². The van der Waals surface area contributed by atoms with Gasteiger partial charge in [-0.1, -0.05) is 43.7 Å². The third-order valence-corrected chi connectivity index (χ3v) is 3.91. The summed E-state index contributed by atoms with van der Waals surface area (Å²) in [6.07, 6.45) is 8.38. The van der Waals surface area contributed by atoms with Crippen LogP contribution in [-0.2, 0) is 0 Å². The van der Waals surface area contributed by atoms with Crippen molar-refractivity contribution in [2.24, 2.45) is 5.92 Å². The van der Waals surface area contributed by atoms with Crippen LogP contribution < -0.4 is 5.32 Å². The fourth-order valence-electron chi connectivity index (χ4n) is 2.54. The molecule has 0 saturated heterocycles. The number of amides is 1. The number of carbonyl (C=O) groups excluding carboxylic acids is 1. The van der Waals surface area contributed by atoms with Gasteiger partial charge in [0.15, 0.2) is 0 Å². The number of pyridine rings is 1. The molecular formula is C14H18ClFN2O. The molecule has 1 heterocycles. The van der Waals surface area contributed by atoms with Crippen LogP contribution in [0, 0.1) is 11.7 Å². The zero-order chi connectivity index (χ0) is 13.7. The van der Waals surface area contributed by atoms with Crippen LogP contribution in [0.3, 0.4) is 0 Å². The molecular weight excluding hydrogens is 267 g/mol. The Balaban J connectivity index is 1.82. The normalized spacial score (nSPS) is 16.3. The van der Waals surface area contributed by atoms with Gasteiger partial charge < -0.3 is 5.32 Å². The fourth-order valence-corrected chi connectivity index (χ4v) is 2.73. The fraction of sp³-hybridized carbons (Fsp3) is 0.571. The molecule has 1 N–H and O–H groups in total. The van der Waals surface area contributed by atoms with Gasteiger partial charge >= 0.3 is 0 Å². The van der Waals surface area contributed by atoms with Crippen molar-refractivity contribution in [2.45, 2.75) is 38.5 Å². The van der Waals surface area contributed by atoms with Gasteiger partial charge in [0.05, 0.1) is 11.8 Å². The van der Waals surface area contributed by atoms with Crippen molar-refractivity contribution in [1.29, 1.82) is 0 Å². The van der Waals surface area contributed by atoms with Crippen LogP contribution in [0.25, 0.3) is 0 Å². The van der Waals surface area contributed by atoms with E-state index >= 15 is 0 Å². The Morgan fingerprint density at radius 3 is 2.89 bits per heavy atom. The van der Waals surface area contributed by atoms with Gasteiger partial charge in [-0.15, -0.1) is 0 Å². The molecule has 3 nitrogen and oxygen atoms in total. The lowest BCUT2D eigenvalue weighted by molar-refractivity contribution is 0.0949. The first-order valence-electron chi connectivity index (χ1n) is 6.76. The second-order valence-electron chi connectivity index (χ2n) is 5.04. The van der Waals surface area contributed by atoms with Crippen LogP contribution in [0.1, 0.15) is 48.9 Å². The lowest BCUT2D eigenvalue weighted by Gasteiger charge is -2.21. The number of nitrogens with one attached hydrogen (secondary N) is 1. The van der Waals surface area contributed by atoms with Crippen LogP contribution in [0.2, 0.25) is 5.15 Å². The summed E-state index contributed by atoms with van der Waals surface area (Å²) >= 11 is 5.78. The van der Waals surface area contributed by atoms with E-state index in [9.17, 15) is 9.18 Å². The number of aromatic nitrogens is 1. The van der Waals surface area contributed by atoms with Gasteiger partial charge in [0.2, 0.25) is 0 Å². The molecule has 1 aromatic rings. The summed E-state index contributed by atoms with van der Waals surface area (Å²) in [5.41, 5.74) is 0.102. The molecule has 1 aliphatic rings. The van der Waals surface area contributed by atoms with Crippen molar-refractivity contribution in [3.8, 4) is 0 Å². The zero-order valence-corrected chi connectivity index (χ0v) is 11.5. The summed E-state index contributed by atoms with van der Waals surface area (Å²) in [6, 6.07) is 1.12. The van der Waals surface area contributed by atoms with E-state index in [1.54, 1.807) is 0 Å². The smallest absolute Gasteiger partial charge is 0.254 e. The highest BCUT2D eigenvalue weighted by Crippen LogP contribution is 2.25. The maximum atomic E-state index is 13.0. The minimum Gasteiger partial charge on any atom is -0.352 e. The van der Waals surface area contributed by atoms with Gasteiger partial charge in [-0.25, -0.2) is 9.37 Å². The van der Waals surface area contributed by atoms with Crippen molar-refractivity contribution >= 4 is 17.5 Å². The molecule has 0 bridgehead atoms. The number of rotatable bonds is 4. The summed E-state index contributed by atoms with van der Waals surface area (Å²) in [7, 11) is 0. The second-order valence-corrected chi connectivity index (χ2v) is 5.40. The quantitative estimate of drug-likeness (QED) is 0.859. The van der Waals surface area contributed by atoms with Crippen LogP contribution in [0.4, 0.5) is 4.39 Å². The van der Waals surface area contributed by atoms with E-state index in [0.29, 0.717) is 12.5 Å². The molecule has 0 unspecified atom stereocenters. The van der Waals surface area contributed by atoms with Crippen LogP contribution >= 0.6 is 11.6 Å². The Labute approximate surface area is 117 Å². The predicted octanol–water partition coefficient (Wildman–Crippen LogP) is 3.57. The molecule has 1 saturated carbocycles. The van der Waals surface area contributed by atoms with E-state index < -0.39 is 5.82 Å². The standard InChI is InChI=1S/C14H18ClFN2O/c15-13-12(8-11(16)9-18-13)14(19)17-7-6-10-4-2-1-3-5-10/h8-10H,1-7H2,(H,17,19). The molecule has 0 atom stereocenters. The van der Waals surface area contributed by atoms with E-state index in [0.717, 1.165) is 18.7 Å². The average molecular weight is 285 g/mol. The predicted molar refractivity (Wildman–Crippen MR) is 72.7 cm³/mol. The van der Waals surface area contributed by atoms with Gasteiger partial charge in [-0.05, 0) is 18.4 Å². The first-order chi connectivity index (χ1) is 9.16. The number of nitrogens with zero attached hydrogens (tertiary/aromatic N) is 1. The number of hydrogen-bond acceptors (Lipinski definition) is 2. The van der Waals surface area contributed by atoms with Crippen molar-refractivity contribution in [2.75, 3.05) is 6.54 Å². The topological polar surface area (TPSA) is 42.0 Å². The molecule has 0 aliphatic heterocycles. The van der Waals surface area contributed by atoms with E-state index in [4.69, 9.17) is 11.6 Å². The van der Waals surface area contributed by atoms with Crippen LogP contribution in [0.15, 0.2) is 12.3 Å². The van der Waals surface area contributed by atoms with Gasteiger partial charge in [0.25, 0.3) is 5.91 Å². The minimum atomic E-state index is -0.554. The van der Waals surface area contributed by atoms with Crippen molar-refractivity contribution in [3.63, 3.8) is 0 Å². The third kappa shape index (κ3) is 4.16. The monoisotopic (exact) mass is 284 g/mol. The molecule has 1 aliphatic carbocycles. The van der Waals surface area contributed by atoms with Crippen LogP contribution in [0.5, 0.6) is 0 Å². The van der Waals surface area contributed by atoms with E-state index in [1.807, 2.05) is 0 Å². The van der Waals surface area contributed by atoms with Gasteiger partial charge in [0.1, 0.15) is 11.0 Å². The van der Waals surface area contributed by atoms with Crippen LogP contribution in [-0.4, -0.2) is 17.4 Å². The van der Waals surface area contributed by atoms with E-state index in [1.165, 1.54) is 32.1 Å². The molecule has 0 spiro atoms. The van der Waals surface area contributed by atoms with Crippen molar-refractivity contribution in [3.05, 3.63) is 28.8 Å². The molecule has 1 amide bonds. The number of hydrogen-bond donors (Lipinski definition) is 1. The Morgan fingerprint density at radius 1 is 1.42 bits per heavy atom. The summed E-state index contributed by atoms with van der Waals surface area (Å²) in [5.74, 6) is -0.204. The Bertz CT molecular complexity index is 447. The molecule has 0 radical (unpaired) electrons. The van der Waals surface area contributed by atoms with Gasteiger partial charge in [-0.3, -0.25) is 4.79 Å². The number of halogens is 2. The Hall–Kier alpha value is -1.16. The minimum absolute atomic E-state index is 0.0385. The van der Waals surface area contributed by atoms with Crippen molar-refractivity contribution in [1.82, 2.24) is 10.3 Å². The number of carbonyl (C=O) groups is 1. The second kappa shape index (κ2) is 6.85. The first kappa shape index (κ1) is 14.3. The largest absolute Gasteiger partial charge is 0.352 e. The maximum Gasteiger partial charge on any atom is 0.254 e. The highest BCUT2D eigenvalue weighted by molar-refractivity contribution is 6.32. The molecule has 19 heavy (non-hydrogen) atoms. The van der Waals surface area contributed by atoms with Gasteiger partial charge in [0, 0.05) is 6.54 Å².